The molecule has 4 rings (SSSR count). The van der Waals surface area contributed by atoms with E-state index in [1.54, 1.807) is 42.2 Å². The lowest BCUT2D eigenvalue weighted by Gasteiger charge is -2.40. The number of halogens is 6. The van der Waals surface area contributed by atoms with E-state index in [4.69, 9.17) is 0 Å². The van der Waals surface area contributed by atoms with Crippen LogP contribution in [0, 0.1) is 12.8 Å². The number of aryl methyl sites for hydroxylation is 1. The predicted octanol–water partition coefficient (Wildman–Crippen LogP) is 4.99. The fourth-order valence-corrected chi connectivity index (χ4v) is 4.18. The largest absolute Gasteiger partial charge is 0.573 e. The minimum Gasteiger partial charge on any atom is -0.406 e. The molecule has 1 N–H and O–H groups in total. The van der Waals surface area contributed by atoms with Gasteiger partial charge in [0.1, 0.15) is 11.4 Å². The Morgan fingerprint density at radius 1 is 1.02 bits per heavy atom. The Morgan fingerprint density at radius 2 is 1.71 bits per heavy atom. The smallest absolute Gasteiger partial charge is 0.406 e. The summed E-state index contributed by atoms with van der Waals surface area (Å²) >= 11 is 0. The molecule has 8 nitrogen and oxygen atoms in total. The van der Waals surface area contributed by atoms with Gasteiger partial charge in [0.25, 0.3) is 5.56 Å². The molecular formula is C27H25F6N5O3. The summed E-state index contributed by atoms with van der Waals surface area (Å²) in [5, 5.41) is 8.17. The zero-order valence-corrected chi connectivity index (χ0v) is 21.6. The summed E-state index contributed by atoms with van der Waals surface area (Å²) in [7, 11) is 0. The number of amides is 1. The number of carbonyl (C=O) groups is 1. The van der Waals surface area contributed by atoms with Crippen molar-refractivity contribution in [2.45, 2.75) is 26.0 Å². The maximum Gasteiger partial charge on any atom is 0.573 e. The van der Waals surface area contributed by atoms with Gasteiger partial charge in [0.2, 0.25) is 6.41 Å². The van der Waals surface area contributed by atoms with Crippen LogP contribution in [0.5, 0.6) is 5.75 Å². The van der Waals surface area contributed by atoms with Crippen LogP contribution in [0.1, 0.15) is 11.1 Å². The number of anilines is 2. The molecule has 1 fully saturated rings. The van der Waals surface area contributed by atoms with Crippen molar-refractivity contribution < 1.29 is 35.9 Å². The minimum absolute atomic E-state index is 0.0889. The van der Waals surface area contributed by atoms with Crippen molar-refractivity contribution in [2.24, 2.45) is 11.0 Å². The third-order valence-electron chi connectivity index (χ3n) is 6.39. The molecule has 1 aliphatic heterocycles. The summed E-state index contributed by atoms with van der Waals surface area (Å²) in [6.07, 6.45) is -7.25. The van der Waals surface area contributed by atoms with Gasteiger partial charge in [-0.1, -0.05) is 24.3 Å². The van der Waals surface area contributed by atoms with Gasteiger partial charge in [0.15, 0.2) is 5.84 Å². The van der Waals surface area contributed by atoms with Crippen molar-refractivity contribution in [1.82, 2.24) is 9.47 Å². The third-order valence-corrected chi connectivity index (χ3v) is 6.39. The molecule has 1 amide bonds. The van der Waals surface area contributed by atoms with Crippen molar-refractivity contribution >= 4 is 23.6 Å². The number of carbonyl (C=O) groups excluding carboxylic acids is 1. The van der Waals surface area contributed by atoms with Crippen molar-refractivity contribution in [3.63, 3.8) is 0 Å². The number of nitrogens with zero attached hydrogens (tertiary/aromatic N) is 4. The van der Waals surface area contributed by atoms with Crippen LogP contribution < -0.4 is 20.6 Å². The van der Waals surface area contributed by atoms with Gasteiger partial charge < -0.3 is 19.5 Å². The molecule has 0 saturated carbocycles. The van der Waals surface area contributed by atoms with Crippen molar-refractivity contribution in [2.75, 3.05) is 30.0 Å². The van der Waals surface area contributed by atoms with Crippen molar-refractivity contribution in [3.05, 3.63) is 88.3 Å². The molecule has 0 atom stereocenters. The van der Waals surface area contributed by atoms with E-state index in [-0.39, 0.29) is 43.4 Å². The molecule has 2 heterocycles. The summed E-state index contributed by atoms with van der Waals surface area (Å²) < 4.78 is 81.1. The van der Waals surface area contributed by atoms with E-state index in [0.29, 0.717) is 12.0 Å². The third kappa shape index (κ3) is 7.66. The molecular weight excluding hydrogens is 556 g/mol. The number of alkyl halides is 6. The average Bonchev–Trinajstić information content (AvgIpc) is 2.86. The van der Waals surface area contributed by atoms with E-state index < -0.39 is 29.8 Å². The molecule has 1 saturated heterocycles. The summed E-state index contributed by atoms with van der Waals surface area (Å²) in [4.78, 5) is 26.8. The fourth-order valence-electron chi connectivity index (χ4n) is 4.18. The van der Waals surface area contributed by atoms with Crippen LogP contribution in [-0.2, 0) is 11.3 Å². The van der Waals surface area contributed by atoms with Gasteiger partial charge in [-0.2, -0.15) is 13.2 Å². The Hall–Kier alpha value is -4.33. The molecule has 0 unspecified atom stereocenters. The monoisotopic (exact) mass is 581 g/mol. The summed E-state index contributed by atoms with van der Waals surface area (Å²) in [5.74, 6) is -1.75. The number of nitrogens with one attached hydrogen (secondary N) is 1. The fraction of sp³-hybridized carbons (Fsp3) is 0.296. The van der Waals surface area contributed by atoms with Gasteiger partial charge in [-0.15, -0.1) is 18.3 Å². The standard InChI is InChI=1S/C27H25F6N5O3/c1-18-5-2-3-6-22(18)24(35-38(17-39)20-8-10-21(11-9-20)41-27(31,32)33)34-23-7-4-12-37(25(23)40)14-13-36-15-19(16-36)26(28,29)30/h2-12,17,19H,13-16H2,1H3,(H,34,35). The highest BCUT2D eigenvalue weighted by molar-refractivity contribution is 6.10. The van der Waals surface area contributed by atoms with Crippen LogP contribution in [0.3, 0.4) is 0 Å². The molecule has 3 aromatic rings. The maximum atomic E-state index is 13.2. The van der Waals surface area contributed by atoms with E-state index in [2.05, 4.69) is 15.2 Å². The van der Waals surface area contributed by atoms with Crippen molar-refractivity contribution in [3.8, 4) is 5.75 Å². The number of pyridine rings is 1. The molecule has 0 bridgehead atoms. The Balaban J connectivity index is 1.57. The zero-order chi connectivity index (χ0) is 29.8. The topological polar surface area (TPSA) is 79.2 Å². The highest BCUT2D eigenvalue weighted by Gasteiger charge is 2.46. The van der Waals surface area contributed by atoms with Gasteiger partial charge in [-0.25, -0.2) is 5.01 Å². The van der Waals surface area contributed by atoms with Gasteiger partial charge in [0.05, 0.1) is 11.6 Å². The molecule has 2 aromatic carbocycles. The lowest BCUT2D eigenvalue weighted by Crippen LogP contribution is -2.54. The zero-order valence-electron chi connectivity index (χ0n) is 21.6. The van der Waals surface area contributed by atoms with Gasteiger partial charge in [-0.05, 0) is 48.9 Å². The maximum absolute atomic E-state index is 13.2. The summed E-state index contributed by atoms with van der Waals surface area (Å²) in [5.41, 5.74) is 1.02. The molecule has 0 spiro atoms. The van der Waals surface area contributed by atoms with Gasteiger partial charge >= 0.3 is 12.5 Å². The Bertz CT molecular complexity index is 1450. The summed E-state index contributed by atoms with van der Waals surface area (Å²) in [6.45, 7) is 1.95. The van der Waals surface area contributed by atoms with E-state index in [9.17, 15) is 35.9 Å². The number of hydrogen-bond donors (Lipinski definition) is 1. The van der Waals surface area contributed by atoms with Crippen LogP contribution in [0.15, 0.2) is 76.8 Å². The number of hydrogen-bond acceptors (Lipinski definition) is 5. The van der Waals surface area contributed by atoms with Crippen LogP contribution in [0.25, 0.3) is 0 Å². The number of amidine groups is 1. The van der Waals surface area contributed by atoms with E-state index in [1.165, 1.54) is 29.0 Å². The van der Waals surface area contributed by atoms with Crippen LogP contribution >= 0.6 is 0 Å². The molecule has 1 aliphatic rings. The Labute approximate surface area is 230 Å². The number of benzene rings is 2. The number of hydrazone groups is 1. The average molecular weight is 582 g/mol. The molecule has 0 radical (unpaired) electrons. The van der Waals surface area contributed by atoms with E-state index >= 15 is 0 Å². The predicted molar refractivity (Wildman–Crippen MR) is 140 cm³/mol. The Kier molecular flexibility index (Phi) is 8.71. The van der Waals surface area contributed by atoms with E-state index in [1.807, 2.05) is 0 Å². The highest BCUT2D eigenvalue weighted by atomic mass is 19.4. The molecule has 41 heavy (non-hydrogen) atoms. The minimum atomic E-state index is -4.88. The molecule has 0 aliphatic carbocycles. The SMILES string of the molecule is Cc1ccccc1/C(=N\N(C=O)c1ccc(OC(F)(F)F)cc1)Nc1cccn(CCN2CC(C(F)(F)F)C2)c1=O. The number of aromatic nitrogens is 1. The first-order valence-corrected chi connectivity index (χ1v) is 12.3. The highest BCUT2D eigenvalue weighted by Crippen LogP contribution is 2.33. The quantitative estimate of drug-likeness (QED) is 0.127. The number of rotatable bonds is 9. The van der Waals surface area contributed by atoms with E-state index in [0.717, 1.165) is 22.7 Å². The van der Waals surface area contributed by atoms with Gasteiger partial charge in [-0.3, -0.25) is 9.59 Å². The number of likely N-dealkylation sites (tertiary alicyclic amines) is 1. The molecule has 14 heteroatoms. The second-order valence-corrected chi connectivity index (χ2v) is 9.30. The van der Waals surface area contributed by atoms with Crippen LogP contribution in [0.2, 0.25) is 0 Å². The van der Waals surface area contributed by atoms with Crippen LogP contribution in [-0.4, -0.2) is 53.9 Å². The first-order chi connectivity index (χ1) is 19.3. The molecule has 1 aromatic heterocycles. The normalized spacial score (nSPS) is 14.9. The Morgan fingerprint density at radius 3 is 2.32 bits per heavy atom. The van der Waals surface area contributed by atoms with Gasteiger partial charge in [0, 0.05) is 37.9 Å². The first kappa shape index (κ1) is 29.6. The van der Waals surface area contributed by atoms with Crippen molar-refractivity contribution in [1.29, 1.82) is 0 Å². The van der Waals surface area contributed by atoms with Crippen LogP contribution in [0.4, 0.5) is 37.7 Å². The second kappa shape index (κ2) is 12.0. The summed E-state index contributed by atoms with van der Waals surface area (Å²) in [6, 6.07) is 14.5. The lowest BCUT2D eigenvalue weighted by molar-refractivity contribution is -0.274. The second-order valence-electron chi connectivity index (χ2n) is 9.30. The number of ether oxygens (including phenoxy) is 1. The lowest BCUT2D eigenvalue weighted by atomic mass is 10.00. The molecule has 218 valence electrons. The first-order valence-electron chi connectivity index (χ1n) is 12.3.